The van der Waals surface area contributed by atoms with E-state index in [-0.39, 0.29) is 5.91 Å². The van der Waals surface area contributed by atoms with Gasteiger partial charge in [0.2, 0.25) is 0 Å². The minimum absolute atomic E-state index is 0.166. The summed E-state index contributed by atoms with van der Waals surface area (Å²) < 4.78 is 8.82. The first kappa shape index (κ1) is 19.2. The third-order valence-electron chi connectivity index (χ3n) is 5.90. The number of rotatable bonds is 4. The highest BCUT2D eigenvalue weighted by Crippen LogP contribution is 2.35. The number of methoxy groups -OCH3 is 1. The standard InChI is InChI=1S/C23H20N8O2/c1-33-19-5-4-11-30-18(19)13-16(28-30)22-21-15(25-14-26-21)8-12-29(22)23(32)17-7-10-27-31(17)20-6-2-3-9-24-20/h2-7,9-11,13-14,22H,8,12H2,1H3,(H,25,26). The van der Waals surface area contributed by atoms with Crippen LogP contribution in [0.2, 0.25) is 0 Å². The van der Waals surface area contributed by atoms with Crippen molar-refractivity contribution in [2.24, 2.45) is 0 Å². The van der Waals surface area contributed by atoms with Crippen LogP contribution in [-0.2, 0) is 6.42 Å². The molecule has 5 aromatic rings. The normalized spacial score (nSPS) is 15.5. The molecule has 10 nitrogen and oxygen atoms in total. The molecule has 1 unspecified atom stereocenters. The van der Waals surface area contributed by atoms with Gasteiger partial charge in [0, 0.05) is 31.1 Å². The summed E-state index contributed by atoms with van der Waals surface area (Å²) >= 11 is 0. The van der Waals surface area contributed by atoms with Gasteiger partial charge in [-0.15, -0.1) is 0 Å². The zero-order chi connectivity index (χ0) is 22.4. The molecule has 0 aliphatic carbocycles. The fourth-order valence-electron chi connectivity index (χ4n) is 4.38. The lowest BCUT2D eigenvalue weighted by Gasteiger charge is -2.33. The molecular weight excluding hydrogens is 420 g/mol. The maximum absolute atomic E-state index is 13.8. The van der Waals surface area contributed by atoms with Crippen molar-refractivity contribution in [1.82, 2.24) is 39.2 Å². The number of imidazole rings is 1. The summed E-state index contributed by atoms with van der Waals surface area (Å²) in [4.78, 5) is 27.8. The number of carbonyl (C=O) groups is 1. The zero-order valence-corrected chi connectivity index (χ0v) is 17.8. The van der Waals surface area contributed by atoms with E-state index in [1.807, 2.05) is 42.6 Å². The number of ether oxygens (including phenoxy) is 1. The highest BCUT2D eigenvalue weighted by molar-refractivity contribution is 5.93. The summed E-state index contributed by atoms with van der Waals surface area (Å²) in [7, 11) is 1.63. The van der Waals surface area contributed by atoms with Gasteiger partial charge in [-0.1, -0.05) is 6.07 Å². The number of carbonyl (C=O) groups excluding carboxylic acids is 1. The third-order valence-corrected chi connectivity index (χ3v) is 5.90. The number of amides is 1. The Morgan fingerprint density at radius 2 is 2.09 bits per heavy atom. The number of hydrogen-bond acceptors (Lipinski definition) is 6. The van der Waals surface area contributed by atoms with Gasteiger partial charge in [0.1, 0.15) is 23.0 Å². The SMILES string of the molecule is COc1cccn2nc(C3c4nc[nH]c4CCN3C(=O)c3ccnn3-c3ccccn3)cc12. The molecular formula is C23H20N8O2. The molecule has 1 amide bonds. The molecule has 1 atom stereocenters. The molecule has 0 aromatic carbocycles. The molecule has 1 aliphatic rings. The average Bonchev–Trinajstić information content (AvgIpc) is 3.62. The Labute approximate surface area is 188 Å². The predicted octanol–water partition coefficient (Wildman–Crippen LogP) is 2.43. The van der Waals surface area contributed by atoms with E-state index in [2.05, 4.69) is 20.1 Å². The van der Waals surface area contributed by atoms with Crippen molar-refractivity contribution in [2.75, 3.05) is 13.7 Å². The molecule has 164 valence electrons. The molecule has 0 saturated carbocycles. The monoisotopic (exact) mass is 440 g/mol. The summed E-state index contributed by atoms with van der Waals surface area (Å²) in [6.45, 7) is 0.511. The molecule has 6 heterocycles. The Bertz CT molecular complexity index is 1450. The second kappa shape index (κ2) is 7.59. The van der Waals surface area contributed by atoms with Gasteiger partial charge < -0.3 is 14.6 Å². The van der Waals surface area contributed by atoms with E-state index in [1.165, 1.54) is 0 Å². The topological polar surface area (TPSA) is 106 Å². The Hall–Kier alpha value is -4.47. The number of nitrogens with zero attached hydrogens (tertiary/aromatic N) is 7. The number of H-pyrrole nitrogens is 1. The van der Waals surface area contributed by atoms with Gasteiger partial charge in [0.15, 0.2) is 5.82 Å². The number of pyridine rings is 2. The largest absolute Gasteiger partial charge is 0.494 e. The highest BCUT2D eigenvalue weighted by atomic mass is 16.5. The zero-order valence-electron chi connectivity index (χ0n) is 17.8. The van der Waals surface area contributed by atoms with Crippen molar-refractivity contribution in [1.29, 1.82) is 0 Å². The summed E-state index contributed by atoms with van der Waals surface area (Å²) in [5.74, 6) is 1.12. The van der Waals surface area contributed by atoms with Gasteiger partial charge in [-0.25, -0.2) is 19.2 Å². The fourth-order valence-corrected chi connectivity index (χ4v) is 4.38. The minimum atomic E-state index is -0.454. The van der Waals surface area contributed by atoms with Crippen molar-refractivity contribution < 1.29 is 9.53 Å². The summed E-state index contributed by atoms with van der Waals surface area (Å²) in [6, 6.07) is 12.5. The second-order valence-electron chi connectivity index (χ2n) is 7.71. The van der Waals surface area contributed by atoms with Crippen LogP contribution in [0.4, 0.5) is 0 Å². The number of fused-ring (bicyclic) bond motifs is 2. The van der Waals surface area contributed by atoms with Gasteiger partial charge >= 0.3 is 0 Å². The molecule has 33 heavy (non-hydrogen) atoms. The van der Waals surface area contributed by atoms with Crippen molar-refractivity contribution >= 4 is 11.4 Å². The molecule has 0 bridgehead atoms. The molecule has 1 aliphatic heterocycles. The quantitative estimate of drug-likeness (QED) is 0.460. The first-order valence-electron chi connectivity index (χ1n) is 10.6. The van der Waals surface area contributed by atoms with Crippen LogP contribution >= 0.6 is 0 Å². The molecule has 6 rings (SSSR count). The first-order chi connectivity index (χ1) is 16.2. The van der Waals surface area contributed by atoms with Gasteiger partial charge in [-0.05, 0) is 36.4 Å². The molecule has 1 N–H and O–H groups in total. The van der Waals surface area contributed by atoms with Crippen LogP contribution < -0.4 is 4.74 Å². The number of aromatic nitrogens is 7. The molecule has 0 spiro atoms. The lowest BCUT2D eigenvalue weighted by Crippen LogP contribution is -2.41. The summed E-state index contributed by atoms with van der Waals surface area (Å²) in [6.07, 6.45) is 7.48. The van der Waals surface area contributed by atoms with Crippen molar-refractivity contribution in [3.63, 3.8) is 0 Å². The number of nitrogens with one attached hydrogen (secondary N) is 1. The van der Waals surface area contributed by atoms with Crippen molar-refractivity contribution in [3.05, 3.63) is 90.2 Å². The van der Waals surface area contributed by atoms with Crippen LogP contribution in [0.15, 0.2) is 67.4 Å². The lowest BCUT2D eigenvalue weighted by atomic mass is 9.99. The van der Waals surface area contributed by atoms with E-state index in [0.717, 1.165) is 16.9 Å². The number of aromatic amines is 1. The van der Waals surface area contributed by atoms with Gasteiger partial charge in [0.25, 0.3) is 5.91 Å². The molecule has 0 saturated heterocycles. The molecule has 0 fully saturated rings. The summed E-state index contributed by atoms with van der Waals surface area (Å²) in [5.41, 5.74) is 3.76. The van der Waals surface area contributed by atoms with E-state index in [4.69, 9.17) is 9.84 Å². The van der Waals surface area contributed by atoms with Gasteiger partial charge in [-0.2, -0.15) is 10.2 Å². The summed E-state index contributed by atoms with van der Waals surface area (Å²) in [5, 5.41) is 9.11. The first-order valence-corrected chi connectivity index (χ1v) is 10.6. The Morgan fingerprint density at radius 3 is 2.94 bits per heavy atom. The van der Waals surface area contributed by atoms with Gasteiger partial charge in [0.05, 0.1) is 31.0 Å². The van der Waals surface area contributed by atoms with E-state index < -0.39 is 6.04 Å². The van der Waals surface area contributed by atoms with Crippen LogP contribution in [0.5, 0.6) is 5.75 Å². The van der Waals surface area contributed by atoms with Crippen LogP contribution in [0.1, 0.15) is 33.6 Å². The maximum atomic E-state index is 13.8. The van der Waals surface area contributed by atoms with Crippen LogP contribution in [0.25, 0.3) is 11.3 Å². The fraction of sp³-hybridized carbons (Fsp3) is 0.174. The Morgan fingerprint density at radius 1 is 1.15 bits per heavy atom. The molecule has 10 heteroatoms. The van der Waals surface area contributed by atoms with Crippen LogP contribution in [0, 0.1) is 0 Å². The maximum Gasteiger partial charge on any atom is 0.273 e. The van der Waals surface area contributed by atoms with E-state index >= 15 is 0 Å². The third kappa shape index (κ3) is 3.06. The lowest BCUT2D eigenvalue weighted by molar-refractivity contribution is 0.0677. The molecule has 0 radical (unpaired) electrons. The van der Waals surface area contributed by atoms with Gasteiger partial charge in [-0.3, -0.25) is 4.79 Å². The van der Waals surface area contributed by atoms with Crippen molar-refractivity contribution in [3.8, 4) is 11.6 Å². The van der Waals surface area contributed by atoms with E-state index in [9.17, 15) is 4.79 Å². The predicted molar refractivity (Wildman–Crippen MR) is 118 cm³/mol. The number of hydrogen-bond donors (Lipinski definition) is 1. The Balaban J connectivity index is 1.46. The Kier molecular flexibility index (Phi) is 4.42. The van der Waals surface area contributed by atoms with E-state index in [0.29, 0.717) is 35.9 Å². The smallest absolute Gasteiger partial charge is 0.273 e. The van der Waals surface area contributed by atoms with Crippen LogP contribution in [-0.4, -0.2) is 58.8 Å². The van der Waals surface area contributed by atoms with E-state index in [1.54, 1.807) is 46.0 Å². The van der Waals surface area contributed by atoms with Crippen LogP contribution in [0.3, 0.4) is 0 Å². The molecule has 5 aromatic heterocycles. The van der Waals surface area contributed by atoms with Crippen molar-refractivity contribution in [2.45, 2.75) is 12.5 Å². The second-order valence-corrected chi connectivity index (χ2v) is 7.71. The highest BCUT2D eigenvalue weighted by Gasteiger charge is 2.37. The average molecular weight is 440 g/mol. The minimum Gasteiger partial charge on any atom is -0.494 e.